The monoisotopic (exact) mass is 351 g/mol. The summed E-state index contributed by atoms with van der Waals surface area (Å²) in [4.78, 5) is 41.3. The molecule has 1 unspecified atom stereocenters. The molecule has 1 fully saturated rings. The van der Waals surface area contributed by atoms with E-state index in [1.165, 1.54) is 11.3 Å². The fourth-order valence-corrected chi connectivity index (χ4v) is 4.01. The van der Waals surface area contributed by atoms with E-state index in [2.05, 4.69) is 15.2 Å². The number of carbonyl (C=O) groups excluding carboxylic acids is 1. The topological polar surface area (TPSA) is 104 Å². The number of carbonyl (C=O) groups is 1. The summed E-state index contributed by atoms with van der Waals surface area (Å²) < 4.78 is 1.66. The van der Waals surface area contributed by atoms with Gasteiger partial charge in [-0.15, -0.1) is 0 Å². The van der Waals surface area contributed by atoms with Crippen molar-refractivity contribution in [2.45, 2.75) is 52.1 Å². The summed E-state index contributed by atoms with van der Waals surface area (Å²) in [5.74, 6) is 0.492. The van der Waals surface area contributed by atoms with Crippen molar-refractivity contribution in [3.05, 3.63) is 36.5 Å². The second kappa shape index (κ2) is 6.76. The van der Waals surface area contributed by atoms with Crippen molar-refractivity contribution >= 4 is 17.2 Å². The maximum absolute atomic E-state index is 12.7. The Balaban J connectivity index is 1.72. The van der Waals surface area contributed by atoms with E-state index in [0.29, 0.717) is 18.9 Å². The fourth-order valence-electron chi connectivity index (χ4n) is 3.15. The van der Waals surface area contributed by atoms with E-state index in [9.17, 15) is 14.4 Å². The van der Waals surface area contributed by atoms with Gasteiger partial charge in [0, 0.05) is 30.1 Å². The Morgan fingerprint density at radius 1 is 1.33 bits per heavy atom. The van der Waals surface area contributed by atoms with Crippen LogP contribution in [0.15, 0.2) is 9.59 Å². The van der Waals surface area contributed by atoms with Gasteiger partial charge in [0.1, 0.15) is 0 Å². The SMILES string of the molecule is Cc1sc(=O)n(CCC(=O)N2CCCCC2c2n[nH]c(=O)[nH]2)c1C. The zero-order valence-corrected chi connectivity index (χ0v) is 14.6. The summed E-state index contributed by atoms with van der Waals surface area (Å²) in [6.45, 7) is 4.84. The van der Waals surface area contributed by atoms with Crippen LogP contribution in [0.5, 0.6) is 0 Å². The van der Waals surface area contributed by atoms with Crippen LogP contribution < -0.4 is 10.6 Å². The van der Waals surface area contributed by atoms with Crippen LogP contribution in [0.4, 0.5) is 0 Å². The lowest BCUT2D eigenvalue weighted by molar-refractivity contribution is -0.135. The molecule has 3 heterocycles. The smallest absolute Gasteiger partial charge is 0.332 e. The van der Waals surface area contributed by atoms with Gasteiger partial charge in [0.15, 0.2) is 5.82 Å². The molecular weight excluding hydrogens is 330 g/mol. The van der Waals surface area contributed by atoms with E-state index < -0.39 is 0 Å². The molecule has 2 aromatic heterocycles. The summed E-state index contributed by atoms with van der Waals surface area (Å²) >= 11 is 1.21. The first kappa shape index (κ1) is 16.7. The van der Waals surface area contributed by atoms with E-state index in [-0.39, 0.29) is 28.9 Å². The number of H-pyrrole nitrogens is 2. The first-order valence-electron chi connectivity index (χ1n) is 8.08. The van der Waals surface area contributed by atoms with Crippen LogP contribution in [0.2, 0.25) is 0 Å². The van der Waals surface area contributed by atoms with Crippen molar-refractivity contribution in [3.63, 3.8) is 0 Å². The molecule has 1 aliphatic heterocycles. The van der Waals surface area contributed by atoms with Gasteiger partial charge in [-0.25, -0.2) is 9.89 Å². The van der Waals surface area contributed by atoms with Crippen LogP contribution >= 0.6 is 11.3 Å². The first-order valence-corrected chi connectivity index (χ1v) is 8.90. The summed E-state index contributed by atoms with van der Waals surface area (Å²) in [5, 5.41) is 6.34. The van der Waals surface area contributed by atoms with Gasteiger partial charge in [-0.05, 0) is 33.1 Å². The molecule has 130 valence electrons. The van der Waals surface area contributed by atoms with Crippen molar-refractivity contribution in [3.8, 4) is 0 Å². The molecule has 3 rings (SSSR count). The normalized spacial score (nSPS) is 18.1. The second-order valence-corrected chi connectivity index (χ2v) is 7.24. The highest BCUT2D eigenvalue weighted by molar-refractivity contribution is 7.09. The molecule has 0 radical (unpaired) electrons. The second-order valence-electron chi connectivity index (χ2n) is 6.07. The van der Waals surface area contributed by atoms with Crippen molar-refractivity contribution in [2.75, 3.05) is 6.54 Å². The van der Waals surface area contributed by atoms with E-state index in [4.69, 9.17) is 0 Å². The number of piperidine rings is 1. The Labute approximate surface area is 142 Å². The van der Waals surface area contributed by atoms with Gasteiger partial charge in [-0.1, -0.05) is 11.3 Å². The number of aryl methyl sites for hydroxylation is 1. The van der Waals surface area contributed by atoms with Crippen molar-refractivity contribution in [1.29, 1.82) is 0 Å². The number of rotatable bonds is 4. The summed E-state index contributed by atoms with van der Waals surface area (Å²) in [5.41, 5.74) is 0.559. The standard InChI is InChI=1S/C15H21N5O3S/c1-9-10(2)24-15(23)19(9)8-6-12(21)20-7-4-3-5-11(20)13-16-14(22)18-17-13/h11H,3-8H2,1-2H3,(H2,16,17,18,22). The van der Waals surface area contributed by atoms with Crippen molar-refractivity contribution < 1.29 is 4.79 Å². The lowest BCUT2D eigenvalue weighted by Gasteiger charge is -2.34. The van der Waals surface area contributed by atoms with Gasteiger partial charge in [-0.3, -0.25) is 14.6 Å². The molecule has 2 aromatic rings. The van der Waals surface area contributed by atoms with E-state index in [0.717, 1.165) is 29.8 Å². The number of thiazole rings is 1. The molecule has 1 saturated heterocycles. The molecule has 1 amide bonds. The summed E-state index contributed by atoms with van der Waals surface area (Å²) in [6.07, 6.45) is 2.98. The Bertz CT molecular complexity index is 846. The van der Waals surface area contributed by atoms with Gasteiger partial charge in [-0.2, -0.15) is 5.10 Å². The average Bonchev–Trinajstić information content (AvgIpc) is 3.10. The Morgan fingerprint density at radius 2 is 2.12 bits per heavy atom. The fraction of sp³-hybridized carbons (Fsp3) is 0.600. The quantitative estimate of drug-likeness (QED) is 0.860. The number of nitrogens with zero attached hydrogens (tertiary/aromatic N) is 3. The number of aromatic nitrogens is 4. The van der Waals surface area contributed by atoms with E-state index >= 15 is 0 Å². The maximum Gasteiger partial charge on any atom is 0.340 e. The molecule has 24 heavy (non-hydrogen) atoms. The predicted octanol–water partition coefficient (Wildman–Crippen LogP) is 1.08. The highest BCUT2D eigenvalue weighted by atomic mass is 32.1. The average molecular weight is 351 g/mol. The van der Waals surface area contributed by atoms with Crippen molar-refractivity contribution in [1.82, 2.24) is 24.6 Å². The summed E-state index contributed by atoms with van der Waals surface area (Å²) in [6, 6.07) is -0.202. The van der Waals surface area contributed by atoms with Crippen LogP contribution in [-0.4, -0.2) is 37.1 Å². The Hall–Kier alpha value is -2.16. The third-order valence-electron chi connectivity index (χ3n) is 4.58. The number of likely N-dealkylation sites (tertiary alicyclic amines) is 1. The molecule has 0 aromatic carbocycles. The molecular formula is C15H21N5O3S. The number of amides is 1. The number of nitrogens with one attached hydrogen (secondary N) is 2. The third-order valence-corrected chi connectivity index (χ3v) is 5.58. The zero-order chi connectivity index (χ0) is 17.3. The molecule has 1 atom stereocenters. The Kier molecular flexibility index (Phi) is 4.70. The Morgan fingerprint density at radius 3 is 2.75 bits per heavy atom. The highest BCUT2D eigenvalue weighted by Crippen LogP contribution is 2.28. The third kappa shape index (κ3) is 3.21. The molecule has 0 saturated carbocycles. The van der Waals surface area contributed by atoms with Crippen molar-refractivity contribution in [2.24, 2.45) is 0 Å². The lowest BCUT2D eigenvalue weighted by Crippen LogP contribution is -2.39. The molecule has 1 aliphatic rings. The van der Waals surface area contributed by atoms with Gasteiger partial charge in [0.05, 0.1) is 6.04 Å². The molecule has 2 N–H and O–H groups in total. The van der Waals surface area contributed by atoms with Gasteiger partial charge in [0.25, 0.3) is 0 Å². The highest BCUT2D eigenvalue weighted by Gasteiger charge is 2.30. The van der Waals surface area contributed by atoms with Crippen LogP contribution in [0, 0.1) is 13.8 Å². The summed E-state index contributed by atoms with van der Waals surface area (Å²) in [7, 11) is 0. The zero-order valence-electron chi connectivity index (χ0n) is 13.8. The molecule has 0 spiro atoms. The van der Waals surface area contributed by atoms with Crippen LogP contribution in [0.1, 0.15) is 48.1 Å². The first-order chi connectivity index (χ1) is 11.5. The number of aromatic amines is 2. The molecule has 0 aliphatic carbocycles. The molecule has 8 nitrogen and oxygen atoms in total. The molecule has 0 bridgehead atoms. The lowest BCUT2D eigenvalue weighted by atomic mass is 10.0. The van der Waals surface area contributed by atoms with Crippen LogP contribution in [0.3, 0.4) is 0 Å². The van der Waals surface area contributed by atoms with Crippen LogP contribution in [0.25, 0.3) is 0 Å². The molecule has 9 heteroatoms. The number of hydrogen-bond donors (Lipinski definition) is 2. The minimum absolute atomic E-state index is 0.0151. The van der Waals surface area contributed by atoms with E-state index in [1.807, 2.05) is 13.8 Å². The maximum atomic E-state index is 12.7. The minimum atomic E-state index is -0.362. The van der Waals surface area contributed by atoms with Gasteiger partial charge < -0.3 is 9.47 Å². The van der Waals surface area contributed by atoms with Gasteiger partial charge in [0.2, 0.25) is 5.91 Å². The largest absolute Gasteiger partial charge is 0.340 e. The number of hydrogen-bond acceptors (Lipinski definition) is 5. The predicted molar refractivity (Wildman–Crippen MR) is 90.2 cm³/mol. The van der Waals surface area contributed by atoms with Crippen LogP contribution in [-0.2, 0) is 11.3 Å². The van der Waals surface area contributed by atoms with E-state index in [1.54, 1.807) is 9.47 Å². The minimum Gasteiger partial charge on any atom is -0.332 e. The van der Waals surface area contributed by atoms with Gasteiger partial charge >= 0.3 is 10.6 Å².